The fourth-order valence-corrected chi connectivity index (χ4v) is 0.523. The summed E-state index contributed by atoms with van der Waals surface area (Å²) in [4.78, 5) is 20.3. The van der Waals surface area contributed by atoms with Gasteiger partial charge in [0.2, 0.25) is 5.91 Å². The number of amides is 2. The van der Waals surface area contributed by atoms with Crippen LogP contribution in [0.2, 0.25) is 0 Å². The number of carbonyl (C=O) groups excluding carboxylic acids is 1. The van der Waals surface area contributed by atoms with Crippen molar-refractivity contribution in [3.63, 3.8) is 0 Å². The molecule has 1 atom stereocenters. The van der Waals surface area contributed by atoms with Gasteiger partial charge in [0, 0.05) is 0 Å². The SMILES string of the molecule is CCC(NC(=O)O)C(N)=O. The zero-order valence-corrected chi connectivity index (χ0v) is 5.63. The van der Waals surface area contributed by atoms with Crippen molar-refractivity contribution >= 4 is 12.0 Å². The Bertz CT molecular complexity index is 146. The van der Waals surface area contributed by atoms with Crippen molar-refractivity contribution in [3.05, 3.63) is 0 Å². The second-order valence-electron chi connectivity index (χ2n) is 1.81. The van der Waals surface area contributed by atoms with E-state index in [1.165, 1.54) is 0 Å². The number of nitrogens with two attached hydrogens (primary N) is 1. The van der Waals surface area contributed by atoms with Gasteiger partial charge in [-0.05, 0) is 6.42 Å². The summed E-state index contributed by atoms with van der Waals surface area (Å²) in [5.41, 5.74) is 4.83. The molecule has 5 nitrogen and oxygen atoms in total. The summed E-state index contributed by atoms with van der Waals surface area (Å²) in [5, 5.41) is 10.1. The van der Waals surface area contributed by atoms with E-state index in [1.807, 2.05) is 5.32 Å². The summed E-state index contributed by atoms with van der Waals surface area (Å²) >= 11 is 0. The van der Waals surface area contributed by atoms with Crippen molar-refractivity contribution in [1.82, 2.24) is 5.32 Å². The second kappa shape index (κ2) is 3.71. The third-order valence-corrected chi connectivity index (χ3v) is 1.05. The van der Waals surface area contributed by atoms with Gasteiger partial charge in [0.1, 0.15) is 6.04 Å². The molecule has 0 saturated heterocycles. The molecule has 0 bridgehead atoms. The molecule has 5 heteroatoms. The first-order chi connectivity index (χ1) is 4.57. The molecular formula is C5H10N2O3. The van der Waals surface area contributed by atoms with E-state index in [9.17, 15) is 9.59 Å². The van der Waals surface area contributed by atoms with Gasteiger partial charge in [-0.15, -0.1) is 0 Å². The molecule has 0 aromatic heterocycles. The first-order valence-corrected chi connectivity index (χ1v) is 2.86. The van der Waals surface area contributed by atoms with Gasteiger partial charge >= 0.3 is 6.09 Å². The maximum Gasteiger partial charge on any atom is 0.405 e. The lowest BCUT2D eigenvalue weighted by molar-refractivity contribution is -0.119. The van der Waals surface area contributed by atoms with Crippen LogP contribution in [-0.4, -0.2) is 23.1 Å². The van der Waals surface area contributed by atoms with Crippen molar-refractivity contribution in [1.29, 1.82) is 0 Å². The predicted molar refractivity (Wildman–Crippen MR) is 34.4 cm³/mol. The van der Waals surface area contributed by atoms with E-state index in [0.29, 0.717) is 6.42 Å². The van der Waals surface area contributed by atoms with Crippen LogP contribution in [-0.2, 0) is 4.79 Å². The normalized spacial score (nSPS) is 12.1. The molecule has 0 rings (SSSR count). The van der Waals surface area contributed by atoms with Crippen molar-refractivity contribution in [3.8, 4) is 0 Å². The molecule has 0 aliphatic heterocycles. The lowest BCUT2D eigenvalue weighted by Crippen LogP contribution is -2.43. The van der Waals surface area contributed by atoms with Crippen LogP contribution in [0.1, 0.15) is 13.3 Å². The van der Waals surface area contributed by atoms with Gasteiger partial charge in [0.25, 0.3) is 0 Å². The lowest BCUT2D eigenvalue weighted by Gasteiger charge is -2.08. The Hall–Kier alpha value is -1.26. The van der Waals surface area contributed by atoms with Gasteiger partial charge in [-0.2, -0.15) is 0 Å². The first kappa shape index (κ1) is 8.74. The van der Waals surface area contributed by atoms with Gasteiger partial charge in [-0.3, -0.25) is 4.79 Å². The molecule has 58 valence electrons. The second-order valence-corrected chi connectivity index (χ2v) is 1.81. The third kappa shape index (κ3) is 2.91. The Kier molecular flexibility index (Phi) is 3.24. The van der Waals surface area contributed by atoms with Crippen molar-refractivity contribution in [2.45, 2.75) is 19.4 Å². The van der Waals surface area contributed by atoms with Crippen LogP contribution in [0.15, 0.2) is 0 Å². The Labute approximate surface area is 58.2 Å². The van der Waals surface area contributed by atoms with Gasteiger partial charge in [-0.1, -0.05) is 6.92 Å². The maximum absolute atomic E-state index is 10.4. The lowest BCUT2D eigenvalue weighted by atomic mass is 10.2. The van der Waals surface area contributed by atoms with E-state index < -0.39 is 18.0 Å². The maximum atomic E-state index is 10.4. The number of hydrogen-bond donors (Lipinski definition) is 3. The average Bonchev–Trinajstić information content (AvgIpc) is 1.81. The highest BCUT2D eigenvalue weighted by Gasteiger charge is 2.13. The summed E-state index contributed by atoms with van der Waals surface area (Å²) in [7, 11) is 0. The van der Waals surface area contributed by atoms with Crippen LogP contribution < -0.4 is 11.1 Å². The monoisotopic (exact) mass is 146 g/mol. The zero-order chi connectivity index (χ0) is 8.15. The standard InChI is InChI=1S/C5H10N2O3/c1-2-3(4(6)8)7-5(9)10/h3,7H,2H2,1H3,(H2,6,8)(H,9,10). The number of hydrogen-bond acceptors (Lipinski definition) is 2. The number of carboxylic acid groups (broad SMARTS) is 1. The van der Waals surface area contributed by atoms with Crippen LogP contribution in [0.25, 0.3) is 0 Å². The van der Waals surface area contributed by atoms with Gasteiger partial charge < -0.3 is 16.2 Å². The molecule has 0 aliphatic carbocycles. The summed E-state index contributed by atoms with van der Waals surface area (Å²) in [6.07, 6.45) is -0.854. The number of nitrogens with one attached hydrogen (secondary N) is 1. The molecule has 0 radical (unpaired) electrons. The van der Waals surface area contributed by atoms with Crippen LogP contribution >= 0.6 is 0 Å². The van der Waals surface area contributed by atoms with E-state index in [4.69, 9.17) is 10.8 Å². The summed E-state index contributed by atoms with van der Waals surface area (Å²) in [5.74, 6) is -0.648. The molecule has 0 aromatic carbocycles. The first-order valence-electron chi connectivity index (χ1n) is 2.86. The van der Waals surface area contributed by atoms with Crippen LogP contribution in [0.4, 0.5) is 4.79 Å². The summed E-state index contributed by atoms with van der Waals surface area (Å²) in [6.45, 7) is 1.67. The Morgan fingerprint density at radius 2 is 2.20 bits per heavy atom. The largest absolute Gasteiger partial charge is 0.465 e. The van der Waals surface area contributed by atoms with E-state index in [2.05, 4.69) is 0 Å². The molecule has 10 heavy (non-hydrogen) atoms. The molecule has 0 saturated carbocycles. The third-order valence-electron chi connectivity index (χ3n) is 1.05. The molecular weight excluding hydrogens is 136 g/mol. The van der Waals surface area contributed by atoms with E-state index in [0.717, 1.165) is 0 Å². The number of primary amides is 1. The quantitative estimate of drug-likeness (QED) is 0.502. The van der Waals surface area contributed by atoms with E-state index >= 15 is 0 Å². The molecule has 2 amide bonds. The molecule has 0 fully saturated rings. The average molecular weight is 146 g/mol. The van der Waals surface area contributed by atoms with Crippen LogP contribution in [0.5, 0.6) is 0 Å². The van der Waals surface area contributed by atoms with Gasteiger partial charge in [0.05, 0.1) is 0 Å². The van der Waals surface area contributed by atoms with Gasteiger partial charge in [0.15, 0.2) is 0 Å². The van der Waals surface area contributed by atoms with Crippen molar-refractivity contribution in [2.24, 2.45) is 5.73 Å². The molecule has 0 spiro atoms. The molecule has 0 heterocycles. The number of rotatable bonds is 3. The van der Waals surface area contributed by atoms with Gasteiger partial charge in [-0.25, -0.2) is 4.79 Å². The smallest absolute Gasteiger partial charge is 0.405 e. The molecule has 1 unspecified atom stereocenters. The fourth-order valence-electron chi connectivity index (χ4n) is 0.523. The summed E-state index contributed by atoms with van der Waals surface area (Å²) < 4.78 is 0. The highest BCUT2D eigenvalue weighted by Crippen LogP contribution is 1.87. The Morgan fingerprint density at radius 1 is 1.70 bits per heavy atom. The minimum atomic E-state index is -1.23. The number of carbonyl (C=O) groups is 2. The highest BCUT2D eigenvalue weighted by molar-refractivity contribution is 5.83. The minimum Gasteiger partial charge on any atom is -0.465 e. The van der Waals surface area contributed by atoms with E-state index in [-0.39, 0.29) is 0 Å². The highest BCUT2D eigenvalue weighted by atomic mass is 16.4. The van der Waals surface area contributed by atoms with Crippen molar-refractivity contribution < 1.29 is 14.7 Å². The van der Waals surface area contributed by atoms with E-state index in [1.54, 1.807) is 6.92 Å². The summed E-state index contributed by atoms with van der Waals surface area (Å²) in [6, 6.07) is -0.766. The molecule has 0 aromatic rings. The zero-order valence-electron chi connectivity index (χ0n) is 5.63. The minimum absolute atomic E-state index is 0.377. The molecule has 4 N–H and O–H groups in total. The fraction of sp³-hybridized carbons (Fsp3) is 0.600. The predicted octanol–water partition coefficient (Wildman–Crippen LogP) is -0.482. The van der Waals surface area contributed by atoms with Crippen LogP contribution in [0.3, 0.4) is 0 Å². The molecule has 0 aliphatic rings. The topological polar surface area (TPSA) is 92.4 Å². The Balaban J connectivity index is 3.83. The van der Waals surface area contributed by atoms with Crippen LogP contribution in [0, 0.1) is 0 Å². The Morgan fingerprint density at radius 3 is 2.30 bits per heavy atom. The van der Waals surface area contributed by atoms with Crippen molar-refractivity contribution in [2.75, 3.05) is 0 Å².